The molecule has 0 amide bonds. The Balaban J connectivity index is 2.64. The zero-order valence-corrected chi connectivity index (χ0v) is 7.39. The van der Waals surface area contributed by atoms with E-state index in [1.807, 2.05) is 0 Å². The first-order valence-corrected chi connectivity index (χ1v) is 3.78. The Morgan fingerprint density at radius 3 is 2.21 bits per heavy atom. The summed E-state index contributed by atoms with van der Waals surface area (Å²) in [7, 11) is 0. The fourth-order valence-electron chi connectivity index (χ4n) is 0.760. The number of hydrogen-bond donors (Lipinski definition) is 1. The van der Waals surface area contributed by atoms with Gasteiger partial charge in [0.2, 0.25) is 0 Å². The van der Waals surface area contributed by atoms with Gasteiger partial charge in [0.05, 0.1) is 5.56 Å². The first-order valence-electron chi connectivity index (χ1n) is 3.78. The normalized spacial score (nSPS) is 9.21. The molecule has 0 aliphatic carbocycles. The Morgan fingerprint density at radius 1 is 1.21 bits per heavy atom. The fraction of sp³-hybridized carbons (Fsp3) is 0.111. The van der Waals surface area contributed by atoms with Crippen molar-refractivity contribution in [2.24, 2.45) is 0 Å². The molecule has 0 bridgehead atoms. The van der Waals surface area contributed by atoms with Crippen LogP contribution in [0.25, 0.3) is 0 Å². The van der Waals surface area contributed by atoms with Gasteiger partial charge in [-0.15, -0.1) is 0 Å². The van der Waals surface area contributed by atoms with Crippen molar-refractivity contribution in [1.29, 1.82) is 0 Å². The Morgan fingerprint density at radius 2 is 1.79 bits per heavy atom. The predicted molar refractivity (Wildman–Crippen MR) is 45.8 cm³/mol. The van der Waals surface area contributed by atoms with Crippen LogP contribution in [-0.4, -0.2) is 17.0 Å². The van der Waals surface area contributed by atoms with Gasteiger partial charge in [-0.2, -0.15) is 0 Å². The van der Waals surface area contributed by atoms with E-state index in [1.165, 1.54) is 31.2 Å². The molecule has 0 saturated carbocycles. The van der Waals surface area contributed by atoms with Crippen molar-refractivity contribution >= 4 is 11.9 Å². The zero-order valence-electron chi connectivity index (χ0n) is 7.39. The van der Waals surface area contributed by atoms with Crippen LogP contribution in [0.15, 0.2) is 24.3 Å². The summed E-state index contributed by atoms with van der Waals surface area (Å²) in [5.41, 5.74) is 0.139. The number of carbonyl (C=O) groups excluding carboxylic acids is 1. The van der Waals surface area contributed by atoms with Gasteiger partial charge in [0.15, 0.2) is 5.75 Å². The minimum Gasteiger partial charge on any atom is -0.478 e. The molecule has 0 heterocycles. The Hall–Kier alpha value is -2.04. The minimum absolute atomic E-state index is 0.139. The third-order valence-corrected chi connectivity index (χ3v) is 1.36. The van der Waals surface area contributed by atoms with Gasteiger partial charge >= 0.3 is 11.9 Å². The summed E-state index contributed by atoms with van der Waals surface area (Å²) in [6.45, 7) is 1.20. The average molecular weight is 196 g/mol. The maximum atomic E-state index is 10.5. The highest BCUT2D eigenvalue weighted by atomic mass is 17.2. The third-order valence-electron chi connectivity index (χ3n) is 1.36. The number of carboxylic acids is 1. The van der Waals surface area contributed by atoms with Crippen LogP contribution < -0.4 is 4.89 Å². The van der Waals surface area contributed by atoms with Crippen LogP contribution >= 0.6 is 0 Å². The maximum absolute atomic E-state index is 10.5. The average Bonchev–Trinajstić information content (AvgIpc) is 2.15. The minimum atomic E-state index is -1.02. The van der Waals surface area contributed by atoms with Crippen molar-refractivity contribution in [2.45, 2.75) is 6.92 Å². The molecule has 0 aromatic heterocycles. The third kappa shape index (κ3) is 2.78. The molecule has 74 valence electrons. The molecule has 5 nitrogen and oxygen atoms in total. The van der Waals surface area contributed by atoms with Crippen LogP contribution in [0.1, 0.15) is 17.3 Å². The molecule has 1 rings (SSSR count). The Bertz CT molecular complexity index is 341. The second-order valence-corrected chi connectivity index (χ2v) is 2.49. The summed E-state index contributed by atoms with van der Waals surface area (Å²) in [4.78, 5) is 29.6. The largest absolute Gasteiger partial charge is 0.478 e. The molecular formula is C9H8O5. The molecule has 0 unspecified atom stereocenters. The lowest BCUT2D eigenvalue weighted by Gasteiger charge is -2.01. The quantitative estimate of drug-likeness (QED) is 0.581. The molecule has 1 aromatic rings. The Kier molecular flexibility index (Phi) is 3.06. The molecule has 5 heteroatoms. The number of benzene rings is 1. The van der Waals surface area contributed by atoms with E-state index in [1.54, 1.807) is 0 Å². The number of hydrogen-bond acceptors (Lipinski definition) is 4. The van der Waals surface area contributed by atoms with Gasteiger partial charge in [-0.05, 0) is 24.3 Å². The second-order valence-electron chi connectivity index (χ2n) is 2.49. The lowest BCUT2D eigenvalue weighted by molar-refractivity contribution is -0.210. The molecular weight excluding hydrogens is 188 g/mol. The summed E-state index contributed by atoms with van der Waals surface area (Å²) in [6, 6.07) is 5.49. The van der Waals surface area contributed by atoms with Crippen LogP contribution in [-0.2, 0) is 9.68 Å². The van der Waals surface area contributed by atoms with Gasteiger partial charge in [-0.25, -0.2) is 9.59 Å². The lowest BCUT2D eigenvalue weighted by atomic mass is 10.2. The topological polar surface area (TPSA) is 72.8 Å². The maximum Gasteiger partial charge on any atom is 0.352 e. The van der Waals surface area contributed by atoms with Crippen molar-refractivity contribution in [1.82, 2.24) is 0 Å². The van der Waals surface area contributed by atoms with Crippen LogP contribution in [0.4, 0.5) is 0 Å². The van der Waals surface area contributed by atoms with Crippen molar-refractivity contribution in [3.63, 3.8) is 0 Å². The van der Waals surface area contributed by atoms with Gasteiger partial charge < -0.3 is 5.11 Å². The number of carbonyl (C=O) groups is 2. The van der Waals surface area contributed by atoms with E-state index in [2.05, 4.69) is 9.78 Å². The second kappa shape index (κ2) is 4.27. The first-order chi connectivity index (χ1) is 6.59. The molecule has 0 aliphatic heterocycles. The summed E-state index contributed by atoms with van der Waals surface area (Å²) in [5.74, 6) is -1.33. The van der Waals surface area contributed by atoms with E-state index >= 15 is 0 Å². The molecule has 14 heavy (non-hydrogen) atoms. The monoisotopic (exact) mass is 196 g/mol. The van der Waals surface area contributed by atoms with Gasteiger partial charge in [-0.3, -0.25) is 9.78 Å². The predicted octanol–water partition coefficient (Wildman–Crippen LogP) is 1.24. The van der Waals surface area contributed by atoms with Crippen LogP contribution in [0.2, 0.25) is 0 Å². The summed E-state index contributed by atoms with van der Waals surface area (Å²) < 4.78 is 0. The van der Waals surface area contributed by atoms with Crippen LogP contribution in [0.3, 0.4) is 0 Å². The van der Waals surface area contributed by atoms with Gasteiger partial charge in [0.1, 0.15) is 0 Å². The molecule has 1 aromatic carbocycles. The van der Waals surface area contributed by atoms with Crippen LogP contribution in [0.5, 0.6) is 5.75 Å². The molecule has 0 aliphatic rings. The van der Waals surface area contributed by atoms with E-state index in [9.17, 15) is 9.59 Å². The van der Waals surface area contributed by atoms with Gasteiger partial charge in [0.25, 0.3) is 0 Å². The summed E-state index contributed by atoms with van der Waals surface area (Å²) in [6.07, 6.45) is 0. The fourth-order valence-corrected chi connectivity index (χ4v) is 0.760. The molecule has 0 spiro atoms. The van der Waals surface area contributed by atoms with Gasteiger partial charge in [-0.1, -0.05) is 0 Å². The van der Waals surface area contributed by atoms with E-state index in [0.29, 0.717) is 0 Å². The highest BCUT2D eigenvalue weighted by Gasteiger charge is 2.03. The number of carboxylic acid groups (broad SMARTS) is 1. The zero-order chi connectivity index (χ0) is 10.6. The van der Waals surface area contributed by atoms with E-state index in [0.717, 1.165) is 0 Å². The SMILES string of the molecule is CC(=O)OOc1ccc(C(=O)O)cc1. The van der Waals surface area contributed by atoms with Crippen molar-refractivity contribution in [3.05, 3.63) is 29.8 Å². The Labute approximate surface area is 79.8 Å². The smallest absolute Gasteiger partial charge is 0.352 e. The van der Waals surface area contributed by atoms with E-state index in [4.69, 9.17) is 5.11 Å². The highest BCUT2D eigenvalue weighted by Crippen LogP contribution is 2.12. The standard InChI is InChI=1S/C9H8O5/c1-6(10)13-14-8-4-2-7(3-5-8)9(11)12/h2-5H,1H3,(H,11,12). The lowest BCUT2D eigenvalue weighted by Crippen LogP contribution is -2.03. The summed E-state index contributed by atoms with van der Waals surface area (Å²) >= 11 is 0. The first kappa shape index (κ1) is 10.0. The van der Waals surface area contributed by atoms with E-state index in [-0.39, 0.29) is 11.3 Å². The molecule has 0 saturated heterocycles. The van der Waals surface area contributed by atoms with Crippen molar-refractivity contribution in [3.8, 4) is 5.75 Å². The highest BCUT2D eigenvalue weighted by molar-refractivity contribution is 5.87. The summed E-state index contributed by atoms with van der Waals surface area (Å²) in [5, 5.41) is 8.57. The van der Waals surface area contributed by atoms with Crippen LogP contribution in [0, 0.1) is 0 Å². The number of aromatic carboxylic acids is 1. The van der Waals surface area contributed by atoms with E-state index < -0.39 is 11.9 Å². The van der Waals surface area contributed by atoms with Crippen molar-refractivity contribution in [2.75, 3.05) is 0 Å². The molecule has 1 N–H and O–H groups in total. The van der Waals surface area contributed by atoms with Gasteiger partial charge in [0, 0.05) is 6.92 Å². The molecule has 0 fully saturated rings. The van der Waals surface area contributed by atoms with Crippen molar-refractivity contribution < 1.29 is 24.5 Å². The number of rotatable bonds is 3. The molecule has 0 radical (unpaired) electrons. The molecule has 0 atom stereocenters.